The number of amides is 1. The first-order chi connectivity index (χ1) is 10.1. The van der Waals surface area contributed by atoms with E-state index in [4.69, 9.17) is 0 Å². The van der Waals surface area contributed by atoms with Crippen LogP contribution in [0.3, 0.4) is 0 Å². The van der Waals surface area contributed by atoms with Crippen molar-refractivity contribution in [2.45, 2.75) is 39.4 Å². The number of carbonyl (C=O) groups excluding carboxylic acids is 1. The summed E-state index contributed by atoms with van der Waals surface area (Å²) in [5.74, 6) is 0.485. The van der Waals surface area contributed by atoms with Crippen molar-refractivity contribution in [3.63, 3.8) is 0 Å². The van der Waals surface area contributed by atoms with Gasteiger partial charge >= 0.3 is 0 Å². The molecule has 2 rings (SSSR count). The van der Waals surface area contributed by atoms with Gasteiger partial charge in [-0.25, -0.2) is 9.97 Å². The van der Waals surface area contributed by atoms with Crippen LogP contribution in [0.1, 0.15) is 31.1 Å². The summed E-state index contributed by atoms with van der Waals surface area (Å²) in [6, 6.07) is 3.76. The molecule has 2 aromatic heterocycles. The highest BCUT2D eigenvalue weighted by atomic mass is 16.1. The Morgan fingerprint density at radius 1 is 1.33 bits per heavy atom. The van der Waals surface area contributed by atoms with Crippen LogP contribution in [0.2, 0.25) is 0 Å². The molecule has 0 bridgehead atoms. The van der Waals surface area contributed by atoms with Crippen molar-refractivity contribution in [1.82, 2.24) is 19.9 Å². The van der Waals surface area contributed by atoms with Gasteiger partial charge in [-0.05, 0) is 32.9 Å². The molecule has 0 spiro atoms. The Labute approximate surface area is 124 Å². The molecule has 1 amide bonds. The van der Waals surface area contributed by atoms with Gasteiger partial charge in [0.25, 0.3) is 5.91 Å². The number of nitrogens with one attached hydrogen (secondary N) is 2. The molecule has 6 nitrogen and oxygen atoms in total. The highest BCUT2D eigenvalue weighted by Crippen LogP contribution is 2.12. The zero-order valence-corrected chi connectivity index (χ0v) is 12.6. The van der Waals surface area contributed by atoms with Crippen molar-refractivity contribution in [2.75, 3.05) is 5.32 Å². The molecule has 21 heavy (non-hydrogen) atoms. The molecule has 112 valence electrons. The van der Waals surface area contributed by atoms with Gasteiger partial charge < -0.3 is 15.2 Å². The van der Waals surface area contributed by atoms with Gasteiger partial charge in [0.2, 0.25) is 0 Å². The number of aromatic nitrogens is 3. The molecule has 0 aliphatic carbocycles. The SMILES string of the molecule is CC(C)Nc1ncccc1C(=O)N[C@H](C)Cn1ccnc1. The number of hydrogen-bond donors (Lipinski definition) is 2. The van der Waals surface area contributed by atoms with Crippen LogP contribution in [-0.2, 0) is 6.54 Å². The summed E-state index contributed by atoms with van der Waals surface area (Å²) >= 11 is 0. The first-order valence-corrected chi connectivity index (χ1v) is 7.04. The van der Waals surface area contributed by atoms with Gasteiger partial charge in [-0.1, -0.05) is 0 Å². The molecule has 2 N–H and O–H groups in total. The monoisotopic (exact) mass is 287 g/mol. The molecule has 0 fully saturated rings. The Morgan fingerprint density at radius 2 is 2.14 bits per heavy atom. The highest BCUT2D eigenvalue weighted by Gasteiger charge is 2.15. The summed E-state index contributed by atoms with van der Waals surface area (Å²) in [6.07, 6.45) is 7.01. The minimum atomic E-state index is -0.126. The second-order valence-electron chi connectivity index (χ2n) is 5.33. The Balaban J connectivity index is 2.02. The van der Waals surface area contributed by atoms with Crippen LogP contribution in [0.4, 0.5) is 5.82 Å². The Hall–Kier alpha value is -2.37. The minimum Gasteiger partial charge on any atom is -0.367 e. The zero-order valence-electron chi connectivity index (χ0n) is 12.6. The van der Waals surface area contributed by atoms with E-state index in [0.717, 1.165) is 0 Å². The van der Waals surface area contributed by atoms with Gasteiger partial charge in [-0.3, -0.25) is 4.79 Å². The third-order valence-corrected chi connectivity index (χ3v) is 2.90. The summed E-state index contributed by atoms with van der Waals surface area (Å²) in [7, 11) is 0. The summed E-state index contributed by atoms with van der Waals surface area (Å²) in [4.78, 5) is 20.6. The van der Waals surface area contributed by atoms with Crippen molar-refractivity contribution in [3.05, 3.63) is 42.6 Å². The van der Waals surface area contributed by atoms with Crippen LogP contribution in [-0.4, -0.2) is 32.5 Å². The van der Waals surface area contributed by atoms with E-state index >= 15 is 0 Å². The van der Waals surface area contributed by atoms with E-state index < -0.39 is 0 Å². The topological polar surface area (TPSA) is 71.8 Å². The Kier molecular flexibility index (Phi) is 4.92. The molecule has 6 heteroatoms. The van der Waals surface area contributed by atoms with Crippen molar-refractivity contribution < 1.29 is 4.79 Å². The second kappa shape index (κ2) is 6.88. The van der Waals surface area contributed by atoms with Crippen molar-refractivity contribution >= 4 is 11.7 Å². The first kappa shape index (κ1) is 15.0. The van der Waals surface area contributed by atoms with E-state index in [0.29, 0.717) is 17.9 Å². The van der Waals surface area contributed by atoms with E-state index in [2.05, 4.69) is 20.6 Å². The lowest BCUT2D eigenvalue weighted by atomic mass is 10.2. The maximum absolute atomic E-state index is 12.4. The van der Waals surface area contributed by atoms with E-state index in [1.54, 1.807) is 30.9 Å². The fraction of sp³-hybridized carbons (Fsp3) is 0.400. The molecule has 0 saturated heterocycles. The lowest BCUT2D eigenvalue weighted by molar-refractivity contribution is 0.0937. The van der Waals surface area contributed by atoms with Crippen molar-refractivity contribution in [2.24, 2.45) is 0 Å². The zero-order chi connectivity index (χ0) is 15.2. The smallest absolute Gasteiger partial charge is 0.255 e. The van der Waals surface area contributed by atoms with Crippen LogP contribution < -0.4 is 10.6 Å². The third-order valence-electron chi connectivity index (χ3n) is 2.90. The number of rotatable bonds is 6. The van der Waals surface area contributed by atoms with Crippen LogP contribution >= 0.6 is 0 Å². The first-order valence-electron chi connectivity index (χ1n) is 7.04. The Bertz CT molecular complexity index is 580. The average Bonchev–Trinajstić information content (AvgIpc) is 2.91. The van der Waals surface area contributed by atoms with Gasteiger partial charge in [-0.15, -0.1) is 0 Å². The van der Waals surface area contributed by atoms with Crippen LogP contribution in [0.5, 0.6) is 0 Å². The number of nitrogens with zero attached hydrogens (tertiary/aromatic N) is 3. The van der Waals surface area contributed by atoms with Gasteiger partial charge in [-0.2, -0.15) is 0 Å². The standard InChI is InChI=1S/C15H21N5O/c1-11(2)18-14-13(5-4-6-17-14)15(21)19-12(3)9-20-8-7-16-10-20/h4-8,10-12H,9H2,1-3H3,(H,17,18)(H,19,21)/t12-/m1/s1. The Morgan fingerprint density at radius 3 is 2.81 bits per heavy atom. The third kappa shape index (κ3) is 4.30. The maximum Gasteiger partial charge on any atom is 0.255 e. The number of pyridine rings is 1. The predicted molar refractivity (Wildman–Crippen MR) is 82.2 cm³/mol. The molecule has 0 radical (unpaired) electrons. The second-order valence-corrected chi connectivity index (χ2v) is 5.33. The molecule has 0 saturated carbocycles. The molecular weight excluding hydrogens is 266 g/mol. The summed E-state index contributed by atoms with van der Waals surface area (Å²) in [5, 5.41) is 6.17. The molecule has 0 aliphatic heterocycles. The summed E-state index contributed by atoms with van der Waals surface area (Å²) in [6.45, 7) is 6.67. The van der Waals surface area contributed by atoms with Crippen LogP contribution in [0.25, 0.3) is 0 Å². The van der Waals surface area contributed by atoms with Gasteiger partial charge in [0.05, 0.1) is 11.9 Å². The van der Waals surface area contributed by atoms with E-state index in [1.807, 2.05) is 31.5 Å². The largest absolute Gasteiger partial charge is 0.367 e. The molecule has 0 aliphatic rings. The molecular formula is C15H21N5O. The van der Waals surface area contributed by atoms with Gasteiger partial charge in [0, 0.05) is 37.2 Å². The number of anilines is 1. The number of imidazole rings is 1. The summed E-state index contributed by atoms with van der Waals surface area (Å²) in [5.41, 5.74) is 0.559. The normalized spacial score (nSPS) is 12.2. The fourth-order valence-electron chi connectivity index (χ4n) is 2.04. The van der Waals surface area contributed by atoms with E-state index in [9.17, 15) is 4.79 Å². The van der Waals surface area contributed by atoms with E-state index in [-0.39, 0.29) is 18.0 Å². The average molecular weight is 287 g/mol. The number of carbonyl (C=O) groups is 1. The molecule has 2 heterocycles. The fourth-order valence-corrected chi connectivity index (χ4v) is 2.04. The van der Waals surface area contributed by atoms with E-state index in [1.165, 1.54) is 0 Å². The van der Waals surface area contributed by atoms with Crippen LogP contribution in [0, 0.1) is 0 Å². The minimum absolute atomic E-state index is 0.00111. The molecule has 2 aromatic rings. The van der Waals surface area contributed by atoms with Crippen molar-refractivity contribution in [1.29, 1.82) is 0 Å². The molecule has 1 atom stereocenters. The molecule has 0 unspecified atom stereocenters. The molecule has 0 aromatic carbocycles. The highest BCUT2D eigenvalue weighted by molar-refractivity contribution is 5.98. The summed E-state index contributed by atoms with van der Waals surface area (Å²) < 4.78 is 1.93. The number of hydrogen-bond acceptors (Lipinski definition) is 4. The predicted octanol–water partition coefficient (Wildman–Crippen LogP) is 1.92. The van der Waals surface area contributed by atoms with Crippen LogP contribution in [0.15, 0.2) is 37.1 Å². The lowest BCUT2D eigenvalue weighted by Crippen LogP contribution is -2.36. The van der Waals surface area contributed by atoms with Gasteiger partial charge in [0.15, 0.2) is 0 Å². The van der Waals surface area contributed by atoms with Crippen molar-refractivity contribution in [3.8, 4) is 0 Å². The maximum atomic E-state index is 12.4. The lowest BCUT2D eigenvalue weighted by Gasteiger charge is -2.17. The van der Waals surface area contributed by atoms with Gasteiger partial charge in [0.1, 0.15) is 5.82 Å². The quantitative estimate of drug-likeness (QED) is 0.851.